The topological polar surface area (TPSA) is 115 Å². The predicted molar refractivity (Wildman–Crippen MR) is 105 cm³/mol. The van der Waals surface area contributed by atoms with Crippen LogP contribution in [0.15, 0.2) is 42.5 Å². The van der Waals surface area contributed by atoms with Crippen molar-refractivity contribution in [2.24, 2.45) is 0 Å². The highest BCUT2D eigenvalue weighted by Crippen LogP contribution is 2.27. The Bertz CT molecular complexity index is 867. The molecule has 0 aliphatic heterocycles. The van der Waals surface area contributed by atoms with Crippen LogP contribution in [0, 0.1) is 0 Å². The molecule has 0 spiro atoms. The molecule has 0 radical (unpaired) electrons. The molecule has 3 amide bonds. The summed E-state index contributed by atoms with van der Waals surface area (Å²) in [7, 11) is 2.94. The Morgan fingerprint density at radius 2 is 1.48 bits per heavy atom. The summed E-state index contributed by atoms with van der Waals surface area (Å²) < 4.78 is 15.5. The molecule has 0 aromatic heterocycles. The van der Waals surface area contributed by atoms with Crippen LogP contribution in [0.5, 0.6) is 17.2 Å². The molecule has 0 saturated carbocycles. The number of methoxy groups -OCH3 is 2. The molecule has 0 heterocycles. The molecule has 3 N–H and O–H groups in total. The van der Waals surface area contributed by atoms with Crippen molar-refractivity contribution in [3.8, 4) is 17.2 Å². The number of hydrazine groups is 1. The zero-order valence-corrected chi connectivity index (χ0v) is 16.4. The van der Waals surface area contributed by atoms with E-state index in [4.69, 9.17) is 14.2 Å². The second-order valence-electron chi connectivity index (χ2n) is 5.71. The number of nitrogens with one attached hydrogen (secondary N) is 3. The van der Waals surface area contributed by atoms with Gasteiger partial charge in [0.1, 0.15) is 5.75 Å². The summed E-state index contributed by atoms with van der Waals surface area (Å²) in [6, 6.07) is 11.1. The largest absolute Gasteiger partial charge is 0.494 e. The second-order valence-corrected chi connectivity index (χ2v) is 5.71. The van der Waals surface area contributed by atoms with Gasteiger partial charge in [-0.3, -0.25) is 25.2 Å². The van der Waals surface area contributed by atoms with Crippen LogP contribution < -0.4 is 30.4 Å². The zero-order valence-electron chi connectivity index (χ0n) is 16.4. The van der Waals surface area contributed by atoms with E-state index in [-0.39, 0.29) is 12.1 Å². The Morgan fingerprint density at radius 1 is 0.828 bits per heavy atom. The summed E-state index contributed by atoms with van der Waals surface area (Å²) in [6.45, 7) is 2.09. The standard InChI is InChI=1S/C20H23N3O6/c1-4-29-15-8-5-13(6-9-15)19(25)21-12-18(24)22-23-20(26)14-7-10-16(27-2)17(11-14)28-3/h5-11H,4,12H2,1-3H3,(H,21,25)(H,22,24)(H,23,26). The summed E-state index contributed by atoms with van der Waals surface area (Å²) >= 11 is 0. The first-order chi connectivity index (χ1) is 14.0. The minimum Gasteiger partial charge on any atom is -0.494 e. The van der Waals surface area contributed by atoms with E-state index in [1.54, 1.807) is 30.3 Å². The first-order valence-electron chi connectivity index (χ1n) is 8.80. The van der Waals surface area contributed by atoms with E-state index in [1.807, 2.05) is 6.92 Å². The van der Waals surface area contributed by atoms with Gasteiger partial charge in [-0.1, -0.05) is 0 Å². The SMILES string of the molecule is CCOc1ccc(C(=O)NCC(=O)NNC(=O)c2ccc(OC)c(OC)c2)cc1. The van der Waals surface area contributed by atoms with Crippen LogP contribution in [0.2, 0.25) is 0 Å². The van der Waals surface area contributed by atoms with Crippen molar-refractivity contribution in [3.63, 3.8) is 0 Å². The number of rotatable bonds is 8. The van der Waals surface area contributed by atoms with Gasteiger partial charge >= 0.3 is 0 Å². The van der Waals surface area contributed by atoms with E-state index in [9.17, 15) is 14.4 Å². The van der Waals surface area contributed by atoms with Gasteiger partial charge in [-0.05, 0) is 49.4 Å². The van der Waals surface area contributed by atoms with E-state index < -0.39 is 17.7 Å². The number of ether oxygens (including phenoxy) is 3. The average Bonchev–Trinajstić information content (AvgIpc) is 2.75. The Morgan fingerprint density at radius 3 is 2.10 bits per heavy atom. The van der Waals surface area contributed by atoms with E-state index in [0.717, 1.165) is 0 Å². The van der Waals surface area contributed by atoms with Crippen LogP contribution in [-0.2, 0) is 4.79 Å². The number of amides is 3. The monoisotopic (exact) mass is 401 g/mol. The summed E-state index contributed by atoms with van der Waals surface area (Å²) in [5.41, 5.74) is 5.15. The summed E-state index contributed by atoms with van der Waals surface area (Å²) in [5, 5.41) is 2.47. The van der Waals surface area contributed by atoms with Gasteiger partial charge in [-0.15, -0.1) is 0 Å². The van der Waals surface area contributed by atoms with Gasteiger partial charge in [-0.2, -0.15) is 0 Å². The minimum atomic E-state index is -0.585. The summed E-state index contributed by atoms with van der Waals surface area (Å²) in [5.74, 6) is -0.0384. The predicted octanol–water partition coefficient (Wildman–Crippen LogP) is 1.29. The van der Waals surface area contributed by atoms with E-state index in [0.29, 0.717) is 29.4 Å². The van der Waals surface area contributed by atoms with Crippen molar-refractivity contribution >= 4 is 17.7 Å². The zero-order chi connectivity index (χ0) is 21.2. The Hall–Kier alpha value is -3.75. The molecule has 0 aliphatic carbocycles. The van der Waals surface area contributed by atoms with Gasteiger partial charge in [0.05, 0.1) is 27.4 Å². The lowest BCUT2D eigenvalue weighted by atomic mass is 10.2. The molecule has 0 saturated heterocycles. The van der Waals surface area contributed by atoms with Crippen LogP contribution in [0.3, 0.4) is 0 Å². The Kier molecular flexibility index (Phi) is 7.84. The molecule has 29 heavy (non-hydrogen) atoms. The fraction of sp³-hybridized carbons (Fsp3) is 0.250. The Labute approximate surface area is 168 Å². The van der Waals surface area contributed by atoms with Crippen molar-refractivity contribution < 1.29 is 28.6 Å². The fourth-order valence-electron chi connectivity index (χ4n) is 2.35. The lowest BCUT2D eigenvalue weighted by molar-refractivity contribution is -0.120. The summed E-state index contributed by atoms with van der Waals surface area (Å²) in [6.07, 6.45) is 0. The van der Waals surface area contributed by atoms with E-state index in [1.165, 1.54) is 26.4 Å². The third kappa shape index (κ3) is 6.13. The molecule has 9 heteroatoms. The maximum Gasteiger partial charge on any atom is 0.269 e. The molecule has 0 fully saturated rings. The number of carbonyl (C=O) groups excluding carboxylic acids is 3. The van der Waals surface area contributed by atoms with Crippen LogP contribution in [0.1, 0.15) is 27.6 Å². The molecule has 9 nitrogen and oxygen atoms in total. The van der Waals surface area contributed by atoms with Gasteiger partial charge < -0.3 is 19.5 Å². The minimum absolute atomic E-state index is 0.265. The van der Waals surface area contributed by atoms with Crippen LogP contribution in [0.25, 0.3) is 0 Å². The summed E-state index contributed by atoms with van der Waals surface area (Å²) in [4.78, 5) is 36.1. The van der Waals surface area contributed by atoms with E-state index in [2.05, 4.69) is 16.2 Å². The van der Waals surface area contributed by atoms with Crippen LogP contribution >= 0.6 is 0 Å². The van der Waals surface area contributed by atoms with Gasteiger partial charge in [-0.25, -0.2) is 0 Å². The number of benzene rings is 2. The smallest absolute Gasteiger partial charge is 0.269 e. The van der Waals surface area contributed by atoms with Crippen molar-refractivity contribution in [2.75, 3.05) is 27.4 Å². The lowest BCUT2D eigenvalue weighted by Crippen LogP contribution is -2.46. The lowest BCUT2D eigenvalue weighted by Gasteiger charge is -2.11. The molecular formula is C20H23N3O6. The average molecular weight is 401 g/mol. The van der Waals surface area contributed by atoms with Gasteiger partial charge in [0.25, 0.3) is 17.7 Å². The molecular weight excluding hydrogens is 378 g/mol. The molecule has 0 unspecified atom stereocenters. The van der Waals surface area contributed by atoms with Crippen molar-refractivity contribution in [1.82, 2.24) is 16.2 Å². The maximum atomic E-state index is 12.1. The van der Waals surface area contributed by atoms with Gasteiger partial charge in [0.15, 0.2) is 11.5 Å². The first-order valence-corrected chi connectivity index (χ1v) is 8.80. The maximum absolute atomic E-state index is 12.1. The third-order valence-corrected chi connectivity index (χ3v) is 3.80. The highest BCUT2D eigenvalue weighted by atomic mass is 16.5. The number of hydrogen-bond acceptors (Lipinski definition) is 6. The van der Waals surface area contributed by atoms with Crippen molar-refractivity contribution in [2.45, 2.75) is 6.92 Å². The number of hydrogen-bond donors (Lipinski definition) is 3. The highest BCUT2D eigenvalue weighted by molar-refractivity contribution is 5.98. The van der Waals surface area contributed by atoms with Crippen LogP contribution in [-0.4, -0.2) is 45.1 Å². The Balaban J connectivity index is 1.82. The van der Waals surface area contributed by atoms with Crippen molar-refractivity contribution in [3.05, 3.63) is 53.6 Å². The van der Waals surface area contributed by atoms with Crippen molar-refractivity contribution in [1.29, 1.82) is 0 Å². The molecule has 0 bridgehead atoms. The van der Waals surface area contributed by atoms with Gasteiger partial charge in [0, 0.05) is 11.1 Å². The van der Waals surface area contributed by atoms with E-state index >= 15 is 0 Å². The molecule has 2 rings (SSSR count). The normalized spacial score (nSPS) is 9.90. The quantitative estimate of drug-likeness (QED) is 0.575. The third-order valence-electron chi connectivity index (χ3n) is 3.80. The highest BCUT2D eigenvalue weighted by Gasteiger charge is 2.12. The second kappa shape index (κ2) is 10.5. The molecule has 0 atom stereocenters. The van der Waals surface area contributed by atoms with Gasteiger partial charge in [0.2, 0.25) is 0 Å². The number of carbonyl (C=O) groups is 3. The molecule has 2 aromatic carbocycles. The first kappa shape index (κ1) is 21.5. The molecule has 154 valence electrons. The fourth-order valence-corrected chi connectivity index (χ4v) is 2.35. The molecule has 2 aromatic rings. The molecule has 0 aliphatic rings. The van der Waals surface area contributed by atoms with Crippen LogP contribution in [0.4, 0.5) is 0 Å².